The van der Waals surface area contributed by atoms with Crippen LogP contribution in [0.4, 0.5) is 11.5 Å². The van der Waals surface area contributed by atoms with Gasteiger partial charge in [-0.2, -0.15) is 0 Å². The van der Waals surface area contributed by atoms with E-state index < -0.39 is 5.97 Å². The Balaban J connectivity index is 2.15. The summed E-state index contributed by atoms with van der Waals surface area (Å²) < 4.78 is 0. The van der Waals surface area contributed by atoms with Gasteiger partial charge in [0.15, 0.2) is 0 Å². The highest BCUT2D eigenvalue weighted by molar-refractivity contribution is 6.33. The first-order valence-corrected chi connectivity index (χ1v) is 6.72. The van der Waals surface area contributed by atoms with Crippen LogP contribution in [0.15, 0.2) is 36.5 Å². The van der Waals surface area contributed by atoms with Gasteiger partial charge in [0.25, 0.3) is 0 Å². The normalized spacial score (nSPS) is 10.3. The third-order valence-electron chi connectivity index (χ3n) is 2.84. The highest BCUT2D eigenvalue weighted by Gasteiger charge is 2.08. The number of anilines is 2. The Bertz CT molecular complexity index is 612. The van der Waals surface area contributed by atoms with Crippen molar-refractivity contribution >= 4 is 29.1 Å². The fraction of sp³-hybridized carbons (Fsp3) is 0.200. The summed E-state index contributed by atoms with van der Waals surface area (Å²) in [5.74, 6) is -0.602. The van der Waals surface area contributed by atoms with Crippen molar-refractivity contribution in [2.75, 3.05) is 5.32 Å². The van der Waals surface area contributed by atoms with Gasteiger partial charge in [-0.05, 0) is 30.2 Å². The summed E-state index contributed by atoms with van der Waals surface area (Å²) in [7, 11) is 0. The Morgan fingerprint density at radius 1 is 1.35 bits per heavy atom. The average Bonchev–Trinajstić information content (AvgIpc) is 2.43. The summed E-state index contributed by atoms with van der Waals surface area (Å²) in [4.78, 5) is 14.8. The summed E-state index contributed by atoms with van der Waals surface area (Å²) in [5.41, 5.74) is 2.21. The molecule has 4 nitrogen and oxygen atoms in total. The van der Waals surface area contributed by atoms with Crippen LogP contribution in [0.1, 0.15) is 29.3 Å². The number of benzene rings is 1. The number of aromatic nitrogens is 1. The van der Waals surface area contributed by atoms with E-state index in [1.807, 2.05) is 24.3 Å². The number of nitrogens with one attached hydrogen (secondary N) is 1. The summed E-state index contributed by atoms with van der Waals surface area (Å²) in [6.07, 6.45) is 3.44. The number of carboxylic acids is 1. The molecule has 0 aliphatic heterocycles. The summed E-state index contributed by atoms with van der Waals surface area (Å²) in [6, 6.07) is 9.38. The van der Waals surface area contributed by atoms with E-state index >= 15 is 0 Å². The number of carboxylic acid groups (broad SMARTS) is 1. The van der Waals surface area contributed by atoms with Crippen LogP contribution in [0.2, 0.25) is 5.02 Å². The van der Waals surface area contributed by atoms with E-state index in [2.05, 4.69) is 17.2 Å². The van der Waals surface area contributed by atoms with E-state index in [-0.39, 0.29) is 10.6 Å². The molecule has 0 spiro atoms. The lowest BCUT2D eigenvalue weighted by molar-refractivity contribution is 0.0696. The number of hydrogen-bond acceptors (Lipinski definition) is 3. The van der Waals surface area contributed by atoms with Crippen LogP contribution < -0.4 is 5.32 Å². The third kappa shape index (κ3) is 3.48. The Hall–Kier alpha value is -2.07. The number of hydrogen-bond donors (Lipinski definition) is 2. The molecule has 0 aliphatic rings. The first kappa shape index (κ1) is 14.3. The third-order valence-corrected chi connectivity index (χ3v) is 3.13. The highest BCUT2D eigenvalue weighted by atomic mass is 35.5. The number of rotatable bonds is 5. The predicted molar refractivity (Wildman–Crippen MR) is 79.9 cm³/mol. The van der Waals surface area contributed by atoms with Crippen LogP contribution in [-0.2, 0) is 6.42 Å². The Morgan fingerprint density at radius 3 is 2.60 bits per heavy atom. The molecule has 0 aliphatic carbocycles. The molecule has 2 rings (SSSR count). The fourth-order valence-electron chi connectivity index (χ4n) is 1.83. The van der Waals surface area contributed by atoms with Crippen molar-refractivity contribution in [3.63, 3.8) is 0 Å². The molecule has 1 aromatic heterocycles. The quantitative estimate of drug-likeness (QED) is 0.869. The lowest BCUT2D eigenvalue weighted by atomic mass is 10.1. The zero-order valence-corrected chi connectivity index (χ0v) is 11.8. The van der Waals surface area contributed by atoms with Gasteiger partial charge < -0.3 is 10.4 Å². The second kappa shape index (κ2) is 6.39. The molecule has 104 valence electrons. The van der Waals surface area contributed by atoms with Crippen molar-refractivity contribution in [3.05, 3.63) is 52.7 Å². The minimum Gasteiger partial charge on any atom is -0.478 e. The second-order valence-electron chi connectivity index (χ2n) is 4.43. The zero-order valence-electron chi connectivity index (χ0n) is 11.1. The van der Waals surface area contributed by atoms with Crippen molar-refractivity contribution in [2.45, 2.75) is 19.8 Å². The number of halogens is 1. The van der Waals surface area contributed by atoms with E-state index in [1.165, 1.54) is 17.8 Å². The Morgan fingerprint density at radius 2 is 2.05 bits per heavy atom. The zero-order chi connectivity index (χ0) is 14.5. The van der Waals surface area contributed by atoms with Gasteiger partial charge in [0.2, 0.25) is 0 Å². The molecule has 0 fully saturated rings. The van der Waals surface area contributed by atoms with Crippen molar-refractivity contribution < 1.29 is 9.90 Å². The van der Waals surface area contributed by atoms with Gasteiger partial charge in [-0.15, -0.1) is 0 Å². The van der Waals surface area contributed by atoms with Gasteiger partial charge in [-0.1, -0.05) is 37.1 Å². The van der Waals surface area contributed by atoms with E-state index in [4.69, 9.17) is 16.7 Å². The minimum absolute atomic E-state index is 0.0684. The SMILES string of the molecule is CCCc1ccc(Nc2ncc(C(=O)O)cc2Cl)cc1. The average molecular weight is 291 g/mol. The summed E-state index contributed by atoms with van der Waals surface area (Å²) in [5, 5.41) is 12.2. The minimum atomic E-state index is -1.05. The summed E-state index contributed by atoms with van der Waals surface area (Å²) >= 11 is 6.02. The maximum absolute atomic E-state index is 10.8. The summed E-state index contributed by atoms with van der Waals surface area (Å²) in [6.45, 7) is 2.14. The molecule has 1 aromatic carbocycles. The molecule has 5 heteroatoms. The van der Waals surface area contributed by atoms with Crippen molar-refractivity contribution in [3.8, 4) is 0 Å². The number of nitrogens with zero attached hydrogens (tertiary/aromatic N) is 1. The molecule has 2 N–H and O–H groups in total. The highest BCUT2D eigenvalue weighted by Crippen LogP contribution is 2.24. The molecule has 0 amide bonds. The van der Waals surface area contributed by atoms with Crippen LogP contribution in [0.5, 0.6) is 0 Å². The molecule has 0 atom stereocenters. The molecule has 0 bridgehead atoms. The lowest BCUT2D eigenvalue weighted by Gasteiger charge is -2.08. The smallest absolute Gasteiger partial charge is 0.337 e. The van der Waals surface area contributed by atoms with Gasteiger partial charge in [0.1, 0.15) is 5.82 Å². The predicted octanol–water partition coefficient (Wildman–Crippen LogP) is 4.13. The van der Waals surface area contributed by atoms with Crippen LogP contribution in [0, 0.1) is 0 Å². The molecule has 0 saturated carbocycles. The van der Waals surface area contributed by atoms with Crippen molar-refractivity contribution in [1.82, 2.24) is 4.98 Å². The van der Waals surface area contributed by atoms with E-state index in [9.17, 15) is 4.79 Å². The lowest BCUT2D eigenvalue weighted by Crippen LogP contribution is -2.00. The van der Waals surface area contributed by atoms with Crippen molar-refractivity contribution in [2.24, 2.45) is 0 Å². The second-order valence-corrected chi connectivity index (χ2v) is 4.84. The van der Waals surface area contributed by atoms with Crippen LogP contribution in [0.3, 0.4) is 0 Å². The van der Waals surface area contributed by atoms with Gasteiger partial charge >= 0.3 is 5.97 Å². The molecule has 0 unspecified atom stereocenters. The molecule has 0 saturated heterocycles. The fourth-order valence-corrected chi connectivity index (χ4v) is 2.04. The number of aromatic carboxylic acids is 1. The van der Waals surface area contributed by atoms with Crippen LogP contribution in [0.25, 0.3) is 0 Å². The largest absolute Gasteiger partial charge is 0.478 e. The molecule has 1 heterocycles. The maximum atomic E-state index is 10.8. The first-order valence-electron chi connectivity index (χ1n) is 6.35. The first-order chi connectivity index (χ1) is 9.60. The topological polar surface area (TPSA) is 62.2 Å². The Kier molecular flexibility index (Phi) is 4.58. The molecule has 0 radical (unpaired) electrons. The molecular formula is C15H15ClN2O2. The standard InChI is InChI=1S/C15H15ClN2O2/c1-2-3-10-4-6-12(7-5-10)18-14-13(16)8-11(9-17-14)15(19)20/h4-9H,2-3H2,1H3,(H,17,18)(H,19,20). The monoisotopic (exact) mass is 290 g/mol. The molecule has 2 aromatic rings. The van der Waals surface area contributed by atoms with Crippen molar-refractivity contribution in [1.29, 1.82) is 0 Å². The number of aryl methyl sites for hydroxylation is 1. The number of carbonyl (C=O) groups is 1. The van der Waals surface area contributed by atoms with Crippen LogP contribution >= 0.6 is 11.6 Å². The van der Waals surface area contributed by atoms with Gasteiger partial charge in [-0.3, -0.25) is 0 Å². The van der Waals surface area contributed by atoms with Gasteiger partial charge in [0, 0.05) is 11.9 Å². The van der Waals surface area contributed by atoms with Gasteiger partial charge in [-0.25, -0.2) is 9.78 Å². The number of pyridine rings is 1. The van der Waals surface area contributed by atoms with E-state index in [0.29, 0.717) is 5.82 Å². The van der Waals surface area contributed by atoms with E-state index in [1.54, 1.807) is 0 Å². The molecular weight excluding hydrogens is 276 g/mol. The maximum Gasteiger partial charge on any atom is 0.337 e. The van der Waals surface area contributed by atoms with E-state index in [0.717, 1.165) is 18.5 Å². The van der Waals surface area contributed by atoms with Crippen LogP contribution in [-0.4, -0.2) is 16.1 Å². The Labute approximate surface area is 122 Å². The van der Waals surface area contributed by atoms with Gasteiger partial charge in [0.05, 0.1) is 10.6 Å². The molecule has 20 heavy (non-hydrogen) atoms.